The zero-order valence-electron chi connectivity index (χ0n) is 8.87. The van der Waals surface area contributed by atoms with E-state index in [0.717, 1.165) is 39.1 Å². The fourth-order valence-electron chi connectivity index (χ4n) is 1.73. The smallest absolute Gasteiger partial charge is 0.0727 e. The first-order valence-corrected chi connectivity index (χ1v) is 5.71. The van der Waals surface area contributed by atoms with Gasteiger partial charge in [-0.25, -0.2) is 0 Å². The summed E-state index contributed by atoms with van der Waals surface area (Å²) in [5, 5.41) is 0. The van der Waals surface area contributed by atoms with Crippen LogP contribution in [0.5, 0.6) is 0 Å². The second kappa shape index (κ2) is 6.32. The molecule has 1 saturated heterocycles. The van der Waals surface area contributed by atoms with Crippen LogP contribution in [0, 0.1) is 0 Å². The van der Waals surface area contributed by atoms with Gasteiger partial charge in [0.25, 0.3) is 0 Å². The molecule has 0 radical (unpaired) electrons. The molecule has 0 saturated carbocycles. The highest BCUT2D eigenvalue weighted by molar-refractivity contribution is 7.80. The van der Waals surface area contributed by atoms with Crippen molar-refractivity contribution in [1.29, 1.82) is 0 Å². The highest BCUT2D eigenvalue weighted by Crippen LogP contribution is 2.06. The summed E-state index contributed by atoms with van der Waals surface area (Å²) in [7, 11) is 0. The average Bonchev–Trinajstić information content (AvgIpc) is 2.12. The van der Waals surface area contributed by atoms with Crippen LogP contribution in [0.15, 0.2) is 0 Å². The molecular formula is C10H20N2OS. The number of unbranched alkanes of at least 4 members (excludes halogenated alkanes) is 1. The lowest BCUT2D eigenvalue weighted by atomic mass is 10.2. The van der Waals surface area contributed by atoms with Crippen molar-refractivity contribution in [3.8, 4) is 0 Å². The van der Waals surface area contributed by atoms with E-state index in [9.17, 15) is 0 Å². The largest absolute Gasteiger partial charge is 0.393 e. The number of thiocarbonyl (C=S) groups is 1. The van der Waals surface area contributed by atoms with Gasteiger partial charge in [0.15, 0.2) is 0 Å². The van der Waals surface area contributed by atoms with E-state index in [4.69, 9.17) is 22.7 Å². The van der Waals surface area contributed by atoms with Crippen LogP contribution in [0.1, 0.15) is 26.2 Å². The first-order valence-electron chi connectivity index (χ1n) is 5.31. The van der Waals surface area contributed by atoms with Crippen molar-refractivity contribution in [2.75, 3.05) is 26.2 Å². The Morgan fingerprint density at radius 2 is 2.36 bits per heavy atom. The molecule has 2 N–H and O–H groups in total. The van der Waals surface area contributed by atoms with Gasteiger partial charge in [0.1, 0.15) is 0 Å². The number of hydrogen-bond donors (Lipinski definition) is 1. The lowest BCUT2D eigenvalue weighted by molar-refractivity contribution is -0.0185. The summed E-state index contributed by atoms with van der Waals surface area (Å²) in [6.07, 6.45) is 3.57. The standard InChI is InChI=1S/C10H20N2OS/c1-9-8-12(6-7-13-9)5-3-2-4-10(11)14/h9H,2-8H2,1H3,(H2,11,14). The van der Waals surface area contributed by atoms with Gasteiger partial charge in [-0.2, -0.15) is 0 Å². The van der Waals surface area contributed by atoms with E-state index in [0.29, 0.717) is 11.1 Å². The van der Waals surface area contributed by atoms with Crippen LogP contribution in [0.4, 0.5) is 0 Å². The molecule has 0 bridgehead atoms. The third-order valence-corrected chi connectivity index (χ3v) is 2.68. The number of morpholine rings is 1. The normalized spacial score (nSPS) is 23.6. The van der Waals surface area contributed by atoms with Gasteiger partial charge in [-0.1, -0.05) is 12.2 Å². The fraction of sp³-hybridized carbons (Fsp3) is 0.900. The van der Waals surface area contributed by atoms with Gasteiger partial charge in [-0.15, -0.1) is 0 Å². The van der Waals surface area contributed by atoms with Crippen molar-refractivity contribution in [1.82, 2.24) is 4.90 Å². The quantitative estimate of drug-likeness (QED) is 0.553. The predicted octanol–water partition coefficient (Wildman–Crippen LogP) is 1.16. The Labute approximate surface area is 91.6 Å². The first-order chi connectivity index (χ1) is 6.68. The maximum Gasteiger partial charge on any atom is 0.0727 e. The third-order valence-electron chi connectivity index (χ3n) is 2.47. The number of rotatable bonds is 5. The van der Waals surface area contributed by atoms with Gasteiger partial charge >= 0.3 is 0 Å². The predicted molar refractivity (Wildman–Crippen MR) is 62.5 cm³/mol. The molecule has 0 aromatic heterocycles. The summed E-state index contributed by atoms with van der Waals surface area (Å²) in [4.78, 5) is 3.09. The topological polar surface area (TPSA) is 38.5 Å². The molecule has 1 fully saturated rings. The minimum atomic E-state index is 0.388. The molecule has 1 aliphatic heterocycles. The molecule has 4 heteroatoms. The minimum Gasteiger partial charge on any atom is -0.393 e. The molecule has 0 amide bonds. The highest BCUT2D eigenvalue weighted by atomic mass is 32.1. The van der Waals surface area contributed by atoms with Gasteiger partial charge in [-0.05, 0) is 32.7 Å². The number of ether oxygens (including phenoxy) is 1. The lowest BCUT2D eigenvalue weighted by Gasteiger charge is -2.30. The van der Waals surface area contributed by atoms with E-state index < -0.39 is 0 Å². The zero-order chi connectivity index (χ0) is 10.4. The molecule has 14 heavy (non-hydrogen) atoms. The van der Waals surface area contributed by atoms with Crippen molar-refractivity contribution in [3.05, 3.63) is 0 Å². The van der Waals surface area contributed by atoms with Crippen molar-refractivity contribution in [2.24, 2.45) is 5.73 Å². The number of hydrogen-bond acceptors (Lipinski definition) is 3. The van der Waals surface area contributed by atoms with E-state index in [1.807, 2.05) is 0 Å². The molecule has 1 unspecified atom stereocenters. The molecule has 0 aromatic carbocycles. The molecular weight excluding hydrogens is 196 g/mol. The van der Waals surface area contributed by atoms with Crippen LogP contribution in [0.3, 0.4) is 0 Å². The summed E-state index contributed by atoms with van der Waals surface area (Å²) in [6, 6.07) is 0. The molecule has 1 heterocycles. The van der Waals surface area contributed by atoms with Crippen molar-refractivity contribution < 1.29 is 4.74 Å². The Bertz CT molecular complexity index is 187. The Kier molecular flexibility index (Phi) is 5.37. The SMILES string of the molecule is CC1CN(CCCCC(N)=S)CCO1. The van der Waals surface area contributed by atoms with Crippen molar-refractivity contribution in [2.45, 2.75) is 32.3 Å². The minimum absolute atomic E-state index is 0.388. The maximum absolute atomic E-state index is 5.47. The van der Waals surface area contributed by atoms with Crippen molar-refractivity contribution in [3.63, 3.8) is 0 Å². The van der Waals surface area contributed by atoms with Crippen LogP contribution < -0.4 is 5.73 Å². The van der Waals surface area contributed by atoms with Crippen LogP contribution in [-0.4, -0.2) is 42.2 Å². The van der Waals surface area contributed by atoms with Crippen LogP contribution in [0.25, 0.3) is 0 Å². The Morgan fingerprint density at radius 1 is 1.57 bits per heavy atom. The van der Waals surface area contributed by atoms with Crippen LogP contribution in [0.2, 0.25) is 0 Å². The van der Waals surface area contributed by atoms with Crippen LogP contribution >= 0.6 is 12.2 Å². The Morgan fingerprint density at radius 3 is 3.00 bits per heavy atom. The maximum atomic E-state index is 5.47. The van der Waals surface area contributed by atoms with Gasteiger partial charge < -0.3 is 10.5 Å². The monoisotopic (exact) mass is 216 g/mol. The van der Waals surface area contributed by atoms with E-state index in [1.54, 1.807) is 0 Å². The molecule has 1 rings (SSSR count). The molecule has 0 aliphatic carbocycles. The van der Waals surface area contributed by atoms with Gasteiger partial charge in [-0.3, -0.25) is 4.90 Å². The molecule has 0 aromatic rings. The summed E-state index contributed by atoms with van der Waals surface area (Å²) in [6.45, 7) is 6.28. The zero-order valence-corrected chi connectivity index (χ0v) is 9.68. The number of nitrogens with zero attached hydrogens (tertiary/aromatic N) is 1. The average molecular weight is 216 g/mol. The molecule has 1 aliphatic rings. The van der Waals surface area contributed by atoms with E-state index in [-0.39, 0.29) is 0 Å². The summed E-state index contributed by atoms with van der Waals surface area (Å²) in [5.74, 6) is 0. The second-order valence-corrected chi connectivity index (χ2v) is 4.43. The van der Waals surface area contributed by atoms with Crippen molar-refractivity contribution >= 4 is 17.2 Å². The molecule has 82 valence electrons. The van der Waals surface area contributed by atoms with E-state index in [1.165, 1.54) is 6.42 Å². The summed E-state index contributed by atoms with van der Waals surface area (Å²) < 4.78 is 5.47. The van der Waals surface area contributed by atoms with Gasteiger partial charge in [0, 0.05) is 13.1 Å². The first kappa shape index (κ1) is 11.9. The van der Waals surface area contributed by atoms with E-state index in [2.05, 4.69) is 11.8 Å². The Hall–Kier alpha value is -0.190. The van der Waals surface area contributed by atoms with Gasteiger partial charge in [0.2, 0.25) is 0 Å². The Balaban J connectivity index is 2.03. The van der Waals surface area contributed by atoms with Crippen LogP contribution in [-0.2, 0) is 4.74 Å². The summed E-state index contributed by atoms with van der Waals surface area (Å²) >= 11 is 4.83. The number of nitrogens with two attached hydrogens (primary N) is 1. The molecule has 1 atom stereocenters. The molecule has 3 nitrogen and oxygen atoms in total. The van der Waals surface area contributed by atoms with Gasteiger partial charge in [0.05, 0.1) is 17.7 Å². The third kappa shape index (κ3) is 4.88. The fourth-order valence-corrected chi connectivity index (χ4v) is 1.87. The van der Waals surface area contributed by atoms with E-state index >= 15 is 0 Å². The summed E-state index contributed by atoms with van der Waals surface area (Å²) in [5.41, 5.74) is 5.43. The molecule has 0 spiro atoms. The highest BCUT2D eigenvalue weighted by Gasteiger charge is 2.15. The second-order valence-electron chi connectivity index (χ2n) is 3.91. The lowest BCUT2D eigenvalue weighted by Crippen LogP contribution is -2.41.